The SMILES string of the molecule is C=C1/C(=C\C=C2/CCC[C@]3(C)C([C@H](C)CCCC(C)(C)O)=CCC23)C[C@H](O)C[C@@H]1O.C=C1/C(=C\CP(=O)(c2ccccc2)c2ccccc2)C[C@H](C)C[C@@H]1C.C[C@H](CCCC(C)(C)O[Si](C)(C)C)C1=CCC2C(=O)CCC[C@]12C.II. The third-order valence-electron chi connectivity index (χ3n) is 19.1. The number of aliphatic hydroxyl groups excluding tert-OH is 2. The Morgan fingerprint density at radius 2 is 1.27 bits per heavy atom. The molecule has 2 aromatic rings. The Balaban J connectivity index is 0.000000221. The van der Waals surface area contributed by atoms with Crippen LogP contribution < -0.4 is 10.6 Å². The summed E-state index contributed by atoms with van der Waals surface area (Å²) < 4.78 is 20.4. The first-order valence-electron chi connectivity index (χ1n) is 31.0. The van der Waals surface area contributed by atoms with Crippen molar-refractivity contribution < 1.29 is 29.1 Å². The summed E-state index contributed by atoms with van der Waals surface area (Å²) in [7, 11) is -4.16. The number of Topliss-reactive ketones (excluding diaryl/α,β-unsaturated/α-hetero) is 1. The Morgan fingerprint density at radius 1 is 0.753 bits per heavy atom. The summed E-state index contributed by atoms with van der Waals surface area (Å²) in [4.78, 5) is 12.3. The molecule has 4 fully saturated rings. The van der Waals surface area contributed by atoms with E-state index < -0.39 is 33.3 Å². The third-order valence-corrected chi connectivity index (χ3v) is 23.3. The van der Waals surface area contributed by atoms with Crippen molar-refractivity contribution in [2.75, 3.05) is 6.16 Å². The van der Waals surface area contributed by atoms with Crippen molar-refractivity contribution in [1.29, 1.82) is 0 Å². The van der Waals surface area contributed by atoms with E-state index in [0.717, 1.165) is 86.0 Å². The van der Waals surface area contributed by atoms with Crippen LogP contribution in [-0.2, 0) is 13.8 Å². The molecule has 4 saturated carbocycles. The van der Waals surface area contributed by atoms with Gasteiger partial charge in [-0.25, -0.2) is 0 Å². The van der Waals surface area contributed by atoms with Crippen molar-refractivity contribution in [2.24, 2.45) is 46.3 Å². The lowest BCUT2D eigenvalue weighted by Crippen LogP contribution is -2.38. The van der Waals surface area contributed by atoms with Crippen LogP contribution in [0.3, 0.4) is 0 Å². The molecule has 0 spiro atoms. The van der Waals surface area contributed by atoms with E-state index in [-0.39, 0.29) is 22.3 Å². The van der Waals surface area contributed by atoms with Crippen LogP contribution in [0.25, 0.3) is 0 Å². The highest BCUT2D eigenvalue weighted by Crippen LogP contribution is 2.58. The van der Waals surface area contributed by atoms with E-state index in [2.05, 4.69) is 156 Å². The molecule has 0 amide bonds. The average molecular weight is 1370 g/mol. The normalized spacial score (nSPS) is 29.3. The van der Waals surface area contributed by atoms with E-state index in [0.29, 0.717) is 54.4 Å². The molecule has 450 valence electrons. The number of carbonyl (C=O) groups excluding carboxylic acids is 1. The van der Waals surface area contributed by atoms with E-state index in [1.807, 2.05) is 74.5 Å². The van der Waals surface area contributed by atoms with Crippen LogP contribution in [0.15, 0.2) is 143 Å². The summed E-state index contributed by atoms with van der Waals surface area (Å²) >= 11 is 4.24. The first-order chi connectivity index (χ1) is 38.0. The minimum Gasteiger partial charge on any atom is -0.413 e. The standard InChI is InChI=1S/C27H42O3.C23H27OP.C21H38O2Si.I2/c1-18(8-6-14-26(3,4)30)23-12-13-24-20(9-7-15-27(23,24)5)10-11-21-16-22(28)17-25(29)19(21)2;1-18-16-19(2)20(3)21(17-18)14-15-25(24,22-10-6-4-7-11-22)23-12-8-5-9-13-23;1-16(10-8-14-20(2,3)23-24(5,6)7)17-12-13-18-19(22)11-9-15-21(17,18)4;1-2/h10-12,18,22,24-25,28-30H,2,6-9,13-17H2,1,3-5H3;4-14,18-19H,3,15-17H2,1-2H3;12,16,18H,8-11,13-15H2,1-7H3;/b20-10+,21-11-;21-14-;;/t18-,22+,24?,25+,27-;18-,19+;16-,18?,21-;/m111./s1. The van der Waals surface area contributed by atoms with Crippen LogP contribution in [0, 0.1) is 46.3 Å². The fourth-order valence-electron chi connectivity index (χ4n) is 15.1. The summed E-state index contributed by atoms with van der Waals surface area (Å²) in [5.74, 6) is 3.67. The van der Waals surface area contributed by atoms with E-state index >= 15 is 0 Å². The molecule has 3 N–H and O–H groups in total. The van der Waals surface area contributed by atoms with Gasteiger partial charge in [-0.15, -0.1) is 0 Å². The fraction of sp³-hybridized carbons (Fsp3) is 0.620. The van der Waals surface area contributed by atoms with Crippen LogP contribution in [0.5, 0.6) is 0 Å². The maximum absolute atomic E-state index is 14.1. The Kier molecular flexibility index (Phi) is 26.4. The molecule has 0 bridgehead atoms. The van der Waals surface area contributed by atoms with E-state index in [1.54, 1.807) is 11.1 Å². The Morgan fingerprint density at radius 3 is 1.81 bits per heavy atom. The van der Waals surface area contributed by atoms with Gasteiger partial charge in [-0.2, -0.15) is 0 Å². The molecule has 10 atom stereocenters. The van der Waals surface area contributed by atoms with Gasteiger partial charge in [0, 0.05) is 72.8 Å². The molecule has 10 heteroatoms. The maximum atomic E-state index is 14.1. The second-order valence-corrected chi connectivity index (χ2v) is 35.4. The summed E-state index contributed by atoms with van der Waals surface area (Å²) in [6.45, 7) is 37.5. The first kappa shape index (κ1) is 69.8. The lowest BCUT2D eigenvalue weighted by Gasteiger charge is -2.42. The zero-order chi connectivity index (χ0) is 60.1. The summed E-state index contributed by atoms with van der Waals surface area (Å²) in [5, 5.41) is 32.0. The van der Waals surface area contributed by atoms with Gasteiger partial charge < -0.3 is 24.3 Å². The number of fused-ring (bicyclic) bond motifs is 2. The van der Waals surface area contributed by atoms with E-state index in [1.165, 1.54) is 55.2 Å². The number of hydrogen-bond acceptors (Lipinski definition) is 6. The minimum atomic E-state index is -2.67. The van der Waals surface area contributed by atoms with Gasteiger partial charge in [0.2, 0.25) is 0 Å². The molecule has 6 aliphatic rings. The Bertz CT molecular complexity index is 2580. The van der Waals surface area contributed by atoms with Crippen LogP contribution in [-0.4, -0.2) is 59.0 Å². The number of ketones is 1. The molecule has 2 unspecified atom stereocenters. The molecule has 0 radical (unpaired) electrons. The predicted molar refractivity (Wildman–Crippen MR) is 366 cm³/mol. The number of benzene rings is 2. The predicted octanol–water partition coefficient (Wildman–Crippen LogP) is 19.1. The molecular weight excluding hydrogens is 1260 g/mol. The molecule has 0 saturated heterocycles. The van der Waals surface area contributed by atoms with Gasteiger partial charge in [0.15, 0.2) is 8.32 Å². The van der Waals surface area contributed by atoms with Crippen molar-refractivity contribution in [1.82, 2.24) is 0 Å². The van der Waals surface area contributed by atoms with Gasteiger partial charge in [0.1, 0.15) is 12.9 Å². The number of hydrogen-bond donors (Lipinski definition) is 3. The van der Waals surface area contributed by atoms with Crippen molar-refractivity contribution in [2.45, 2.75) is 228 Å². The second kappa shape index (κ2) is 30.6. The summed E-state index contributed by atoms with van der Waals surface area (Å²) in [6, 6.07) is 19.8. The maximum Gasteiger partial charge on any atom is 0.184 e. The van der Waals surface area contributed by atoms with Crippen LogP contribution in [0.4, 0.5) is 0 Å². The first-order valence-corrected chi connectivity index (χ1v) is 42.6. The number of allylic oxidation sites excluding steroid dienone is 10. The molecule has 2 aromatic carbocycles. The zero-order valence-electron chi connectivity index (χ0n) is 52.4. The second-order valence-electron chi connectivity index (χ2n) is 28.1. The molecule has 6 nitrogen and oxygen atoms in total. The van der Waals surface area contributed by atoms with Crippen molar-refractivity contribution in [3.8, 4) is 0 Å². The Hall–Kier alpha value is -1.96. The van der Waals surface area contributed by atoms with Gasteiger partial charge in [0.25, 0.3) is 0 Å². The largest absolute Gasteiger partial charge is 0.413 e. The molecular formula is C71H107I2O6PSi. The van der Waals surface area contributed by atoms with Crippen LogP contribution in [0.1, 0.15) is 185 Å². The summed E-state index contributed by atoms with van der Waals surface area (Å²) in [6.07, 6.45) is 29.5. The van der Waals surface area contributed by atoms with E-state index in [4.69, 9.17) is 4.43 Å². The van der Waals surface area contributed by atoms with Crippen LogP contribution >= 0.6 is 44.4 Å². The summed E-state index contributed by atoms with van der Waals surface area (Å²) in [5.41, 5.74) is 8.79. The molecule has 0 aliphatic heterocycles. The fourth-order valence-corrected chi connectivity index (χ4v) is 19.3. The van der Waals surface area contributed by atoms with Gasteiger partial charge in [-0.3, -0.25) is 4.79 Å². The lowest BCUT2D eigenvalue weighted by molar-refractivity contribution is -0.128. The van der Waals surface area contributed by atoms with Crippen molar-refractivity contribution in [3.05, 3.63) is 143 Å². The lowest BCUT2D eigenvalue weighted by atomic mass is 9.62. The smallest absolute Gasteiger partial charge is 0.184 e. The van der Waals surface area contributed by atoms with Gasteiger partial charge in [-0.05, 0) is 200 Å². The minimum absolute atomic E-state index is 0.0124. The monoisotopic (exact) mass is 1370 g/mol. The molecule has 81 heavy (non-hydrogen) atoms. The molecule has 8 rings (SSSR count). The average Bonchev–Trinajstić information content (AvgIpc) is 4.23. The van der Waals surface area contributed by atoms with Gasteiger partial charge in [-0.1, -0.05) is 175 Å². The quantitative estimate of drug-likeness (QED) is 0.0631. The topological polar surface area (TPSA) is 104 Å². The third kappa shape index (κ3) is 19.3. The van der Waals surface area contributed by atoms with Crippen LogP contribution in [0.2, 0.25) is 19.6 Å². The van der Waals surface area contributed by atoms with E-state index in [9.17, 15) is 24.7 Å². The number of rotatable bonds is 17. The highest BCUT2D eigenvalue weighted by atomic mass is 128. The van der Waals surface area contributed by atoms with Crippen molar-refractivity contribution >= 4 is 69.1 Å². The number of carbonyl (C=O) groups is 1. The highest BCUT2D eigenvalue weighted by molar-refractivity contribution is 15.0. The molecule has 0 heterocycles. The van der Waals surface area contributed by atoms with Gasteiger partial charge >= 0.3 is 0 Å². The highest BCUT2D eigenvalue weighted by Gasteiger charge is 2.48. The molecule has 0 aromatic heterocycles. The Labute approximate surface area is 517 Å². The molecule has 6 aliphatic carbocycles. The zero-order valence-corrected chi connectivity index (χ0v) is 58.6. The number of halogens is 2. The number of aliphatic hydroxyl groups is 3. The van der Waals surface area contributed by atoms with Gasteiger partial charge in [0.05, 0.1) is 23.4 Å². The van der Waals surface area contributed by atoms with Crippen molar-refractivity contribution in [3.63, 3.8) is 0 Å².